The summed E-state index contributed by atoms with van der Waals surface area (Å²) in [6.07, 6.45) is 0. The Balaban J connectivity index is 3.44. The van der Waals surface area contributed by atoms with E-state index in [0.717, 1.165) is 0 Å². The Labute approximate surface area is 83.0 Å². The Hall–Kier alpha value is -1.51. The van der Waals surface area contributed by atoms with E-state index in [9.17, 15) is 15.0 Å². The SMILES string of the molecule is CC(C)(C)c1cccc([O])c1C([O])=O. The van der Waals surface area contributed by atoms with Gasteiger partial charge in [-0.15, -0.1) is 0 Å². The second-order valence-electron chi connectivity index (χ2n) is 4.22. The second kappa shape index (κ2) is 3.33. The first-order valence-corrected chi connectivity index (χ1v) is 4.36. The lowest BCUT2D eigenvalue weighted by molar-refractivity contribution is 0.0565. The van der Waals surface area contributed by atoms with E-state index >= 15 is 0 Å². The van der Waals surface area contributed by atoms with Gasteiger partial charge in [-0.2, -0.15) is 0 Å². The summed E-state index contributed by atoms with van der Waals surface area (Å²) in [5, 5.41) is 22.1. The molecule has 0 amide bonds. The lowest BCUT2D eigenvalue weighted by Crippen LogP contribution is -2.16. The molecule has 1 aromatic carbocycles. The Morgan fingerprint density at radius 3 is 2.14 bits per heavy atom. The van der Waals surface area contributed by atoms with Gasteiger partial charge in [0.05, 0.1) is 0 Å². The molecule has 0 fully saturated rings. The summed E-state index contributed by atoms with van der Waals surface area (Å²) in [4.78, 5) is 10.8. The molecule has 1 aromatic rings. The van der Waals surface area contributed by atoms with Crippen LogP contribution in [0.25, 0.3) is 0 Å². The molecule has 14 heavy (non-hydrogen) atoms. The van der Waals surface area contributed by atoms with Gasteiger partial charge < -0.3 is 0 Å². The maximum absolute atomic E-state index is 11.3. The van der Waals surface area contributed by atoms with E-state index in [4.69, 9.17) is 0 Å². The fraction of sp³-hybridized carbons (Fsp3) is 0.364. The molecular weight excluding hydrogens is 180 g/mol. The van der Waals surface area contributed by atoms with Crippen molar-refractivity contribution in [1.29, 1.82) is 0 Å². The number of hydrogen-bond donors (Lipinski definition) is 0. The maximum atomic E-state index is 11.3. The van der Waals surface area contributed by atoms with Crippen LogP contribution in [0.5, 0.6) is 5.75 Å². The van der Waals surface area contributed by atoms with E-state index in [2.05, 4.69) is 0 Å². The minimum Gasteiger partial charge on any atom is -0.289 e. The van der Waals surface area contributed by atoms with Crippen LogP contribution in [-0.4, -0.2) is 5.97 Å². The second-order valence-corrected chi connectivity index (χ2v) is 4.22. The summed E-state index contributed by atoms with van der Waals surface area (Å²) in [6, 6.07) is 4.45. The zero-order valence-electron chi connectivity index (χ0n) is 8.46. The summed E-state index contributed by atoms with van der Waals surface area (Å²) < 4.78 is 0. The van der Waals surface area contributed by atoms with Crippen LogP contribution in [0.1, 0.15) is 36.7 Å². The maximum Gasteiger partial charge on any atom is 0.390 e. The highest BCUT2D eigenvalue weighted by Crippen LogP contribution is 2.31. The van der Waals surface area contributed by atoms with E-state index in [-0.39, 0.29) is 11.0 Å². The third-order valence-corrected chi connectivity index (χ3v) is 2.04. The molecular formula is C11H12O3. The molecule has 1 rings (SSSR count). The predicted octanol–water partition coefficient (Wildman–Crippen LogP) is 2.70. The monoisotopic (exact) mass is 192 g/mol. The van der Waals surface area contributed by atoms with Crippen molar-refractivity contribution >= 4 is 5.97 Å². The molecule has 0 unspecified atom stereocenters. The van der Waals surface area contributed by atoms with E-state index < -0.39 is 11.7 Å². The molecule has 74 valence electrons. The van der Waals surface area contributed by atoms with E-state index in [1.807, 2.05) is 20.8 Å². The van der Waals surface area contributed by atoms with Gasteiger partial charge in [0.1, 0.15) is 5.56 Å². The van der Waals surface area contributed by atoms with Gasteiger partial charge in [0.15, 0.2) is 5.75 Å². The van der Waals surface area contributed by atoms with Crippen LogP contribution in [0, 0.1) is 0 Å². The number of benzene rings is 1. The van der Waals surface area contributed by atoms with Crippen molar-refractivity contribution in [1.82, 2.24) is 0 Å². The van der Waals surface area contributed by atoms with Gasteiger partial charge in [-0.25, -0.2) is 9.90 Å². The molecule has 0 aliphatic rings. The summed E-state index contributed by atoms with van der Waals surface area (Å²) in [6.45, 7) is 5.57. The van der Waals surface area contributed by atoms with Gasteiger partial charge in [0, 0.05) is 0 Å². The van der Waals surface area contributed by atoms with Gasteiger partial charge in [-0.05, 0) is 17.0 Å². The number of hydrogen-bond acceptors (Lipinski definition) is 1. The number of carbonyl (C=O) groups is 1. The van der Waals surface area contributed by atoms with Crippen LogP contribution in [0.2, 0.25) is 0 Å². The first-order valence-electron chi connectivity index (χ1n) is 4.36. The highest BCUT2D eigenvalue weighted by molar-refractivity contribution is 5.92. The molecule has 0 atom stereocenters. The van der Waals surface area contributed by atoms with Crippen LogP contribution < -0.4 is 0 Å². The summed E-state index contributed by atoms with van der Waals surface area (Å²) >= 11 is 0. The van der Waals surface area contributed by atoms with E-state index in [1.54, 1.807) is 12.1 Å². The molecule has 0 heterocycles. The normalized spacial score (nSPS) is 11.4. The van der Waals surface area contributed by atoms with Gasteiger partial charge in [-0.1, -0.05) is 32.9 Å². The molecule has 0 aliphatic heterocycles. The van der Waals surface area contributed by atoms with Crippen LogP contribution in [0.4, 0.5) is 0 Å². The largest absolute Gasteiger partial charge is 0.390 e. The van der Waals surface area contributed by atoms with Crippen molar-refractivity contribution in [3.05, 3.63) is 29.3 Å². The zero-order chi connectivity index (χ0) is 10.9. The van der Waals surface area contributed by atoms with E-state index in [1.165, 1.54) is 6.07 Å². The van der Waals surface area contributed by atoms with Crippen LogP contribution in [0.3, 0.4) is 0 Å². The van der Waals surface area contributed by atoms with Crippen molar-refractivity contribution in [3.8, 4) is 5.75 Å². The summed E-state index contributed by atoms with van der Waals surface area (Å²) in [5.74, 6) is -1.89. The Morgan fingerprint density at radius 1 is 1.21 bits per heavy atom. The highest BCUT2D eigenvalue weighted by atomic mass is 16.4. The summed E-state index contributed by atoms with van der Waals surface area (Å²) in [5.41, 5.74) is -0.0690. The molecule has 0 N–H and O–H groups in total. The first-order chi connectivity index (χ1) is 6.34. The van der Waals surface area contributed by atoms with Gasteiger partial charge in [-0.3, -0.25) is 5.11 Å². The fourth-order valence-corrected chi connectivity index (χ4v) is 1.37. The molecule has 0 aromatic heterocycles. The van der Waals surface area contributed by atoms with Crippen LogP contribution in [0.15, 0.2) is 18.2 Å². The summed E-state index contributed by atoms with van der Waals surface area (Å²) in [7, 11) is 0. The molecule has 0 bridgehead atoms. The minimum absolute atomic E-state index is 0.222. The zero-order valence-corrected chi connectivity index (χ0v) is 8.46. The predicted molar refractivity (Wildman–Crippen MR) is 50.3 cm³/mol. The number of carbonyl (C=O) groups excluding carboxylic acids is 1. The van der Waals surface area contributed by atoms with Crippen molar-refractivity contribution in [2.45, 2.75) is 26.2 Å². The lowest BCUT2D eigenvalue weighted by Gasteiger charge is -2.20. The molecule has 3 nitrogen and oxygen atoms in total. The average Bonchev–Trinajstić information content (AvgIpc) is 2.01. The average molecular weight is 192 g/mol. The molecule has 0 saturated heterocycles. The fourth-order valence-electron chi connectivity index (χ4n) is 1.37. The highest BCUT2D eigenvalue weighted by Gasteiger charge is 2.25. The Bertz CT molecular complexity index is 361. The van der Waals surface area contributed by atoms with Gasteiger partial charge >= 0.3 is 5.97 Å². The van der Waals surface area contributed by atoms with E-state index in [0.29, 0.717) is 5.56 Å². The minimum atomic E-state index is -1.40. The quantitative estimate of drug-likeness (QED) is 0.674. The third-order valence-electron chi connectivity index (χ3n) is 2.04. The van der Waals surface area contributed by atoms with Gasteiger partial charge in [0.25, 0.3) is 0 Å². The van der Waals surface area contributed by atoms with Crippen LogP contribution in [-0.2, 0) is 15.6 Å². The first kappa shape index (κ1) is 10.6. The molecule has 0 aliphatic carbocycles. The lowest BCUT2D eigenvalue weighted by atomic mass is 9.83. The van der Waals surface area contributed by atoms with Crippen LogP contribution >= 0.6 is 0 Å². The smallest absolute Gasteiger partial charge is 0.289 e. The topological polar surface area (TPSA) is 56.9 Å². The molecule has 0 saturated carbocycles. The van der Waals surface area contributed by atoms with Crippen molar-refractivity contribution < 1.29 is 15.0 Å². The molecule has 0 spiro atoms. The van der Waals surface area contributed by atoms with Crippen molar-refractivity contribution in [3.63, 3.8) is 0 Å². The molecule has 3 heteroatoms. The third kappa shape index (κ3) is 1.87. The van der Waals surface area contributed by atoms with Crippen molar-refractivity contribution in [2.24, 2.45) is 0 Å². The Morgan fingerprint density at radius 2 is 1.79 bits per heavy atom. The molecule has 2 radical (unpaired) electrons. The standard InChI is InChI=1S/C11H12O3/c1-11(2,3)7-5-4-6-8(12)9(7)10(13)14/h4-6H,1-3H3. The number of rotatable bonds is 1. The van der Waals surface area contributed by atoms with Crippen molar-refractivity contribution in [2.75, 3.05) is 0 Å². The van der Waals surface area contributed by atoms with Gasteiger partial charge in [0.2, 0.25) is 0 Å². The Kier molecular flexibility index (Phi) is 2.51.